The maximum Gasteiger partial charge on any atom is 0.416 e. The molecule has 4 heterocycles. The summed E-state index contributed by atoms with van der Waals surface area (Å²) in [6, 6.07) is 4.97. The van der Waals surface area contributed by atoms with Gasteiger partial charge < -0.3 is 33.7 Å². The van der Waals surface area contributed by atoms with Crippen LogP contribution in [0.4, 0.5) is 16.2 Å². The number of anilines is 2. The molecule has 0 radical (unpaired) electrons. The molecule has 11 heteroatoms. The fraction of sp³-hybridized carbons (Fsp3) is 0.531. The Morgan fingerprint density at radius 3 is 2.77 bits per heavy atom. The van der Waals surface area contributed by atoms with Gasteiger partial charge >= 0.3 is 6.09 Å². The van der Waals surface area contributed by atoms with Gasteiger partial charge in [-0.05, 0) is 69.6 Å². The molecular weight excluding hydrogens is 552 g/mol. The van der Waals surface area contributed by atoms with Crippen molar-refractivity contribution in [2.75, 3.05) is 36.6 Å². The third-order valence-electron chi connectivity index (χ3n) is 8.05. The largest absolute Gasteiger partial charge is 0.493 e. The van der Waals surface area contributed by atoms with Crippen LogP contribution in [0.25, 0.3) is 0 Å². The van der Waals surface area contributed by atoms with Crippen molar-refractivity contribution in [2.45, 2.75) is 76.9 Å². The molecule has 3 atom stereocenters. The molecule has 0 bridgehead atoms. The van der Waals surface area contributed by atoms with Crippen molar-refractivity contribution < 1.29 is 33.3 Å². The first-order valence-corrected chi connectivity index (χ1v) is 15.2. The van der Waals surface area contributed by atoms with E-state index in [-0.39, 0.29) is 37.5 Å². The van der Waals surface area contributed by atoms with Gasteiger partial charge in [-0.15, -0.1) is 0 Å². The normalized spacial score (nSPS) is 21.8. The number of fused-ring (bicyclic) bond motifs is 2. The van der Waals surface area contributed by atoms with Gasteiger partial charge in [-0.25, -0.2) is 9.69 Å². The average molecular weight is 595 g/mol. The minimum absolute atomic E-state index is 0.0138. The number of rotatable bonds is 10. The van der Waals surface area contributed by atoms with Crippen LogP contribution in [-0.4, -0.2) is 72.3 Å². The molecule has 232 valence electrons. The van der Waals surface area contributed by atoms with E-state index in [0.29, 0.717) is 49.4 Å². The van der Waals surface area contributed by atoms with Gasteiger partial charge in [0.15, 0.2) is 12.5 Å². The Labute approximate surface area is 252 Å². The Morgan fingerprint density at radius 2 is 2.02 bits per heavy atom. The molecule has 3 aliphatic rings. The molecule has 2 fully saturated rings. The van der Waals surface area contributed by atoms with E-state index in [0.717, 1.165) is 36.9 Å². The SMILES string of the molecule is C=CCOC(=O)N1c2cc(OCCCC(=O)Nc3ccn(C)c3)c(C)cc2C(=O)N2CCCC[C@H]2C1OC1CCCCO1. The van der Waals surface area contributed by atoms with Gasteiger partial charge in [0.25, 0.3) is 5.91 Å². The predicted molar refractivity (Wildman–Crippen MR) is 161 cm³/mol. The van der Waals surface area contributed by atoms with Crippen LogP contribution in [0.5, 0.6) is 5.75 Å². The van der Waals surface area contributed by atoms with E-state index in [1.54, 1.807) is 12.1 Å². The van der Waals surface area contributed by atoms with Crippen molar-refractivity contribution in [2.24, 2.45) is 7.05 Å². The van der Waals surface area contributed by atoms with Crippen LogP contribution in [0.1, 0.15) is 67.3 Å². The van der Waals surface area contributed by atoms with Crippen LogP contribution in [0.15, 0.2) is 43.2 Å². The molecule has 11 nitrogen and oxygen atoms in total. The topological polar surface area (TPSA) is 112 Å². The summed E-state index contributed by atoms with van der Waals surface area (Å²) in [4.78, 5) is 43.4. The van der Waals surface area contributed by atoms with E-state index < -0.39 is 18.6 Å². The van der Waals surface area contributed by atoms with Gasteiger partial charge in [-0.3, -0.25) is 9.59 Å². The van der Waals surface area contributed by atoms with Gasteiger partial charge in [-0.1, -0.05) is 12.7 Å². The van der Waals surface area contributed by atoms with E-state index in [4.69, 9.17) is 18.9 Å². The molecule has 3 aliphatic heterocycles. The second-order valence-electron chi connectivity index (χ2n) is 11.3. The molecule has 3 amide bonds. The van der Waals surface area contributed by atoms with Crippen molar-refractivity contribution in [1.29, 1.82) is 0 Å². The number of aromatic nitrogens is 1. The first kappa shape index (κ1) is 30.6. The Morgan fingerprint density at radius 1 is 1.19 bits per heavy atom. The highest BCUT2D eigenvalue weighted by Gasteiger charge is 2.46. The van der Waals surface area contributed by atoms with E-state index in [1.165, 1.54) is 11.0 Å². The molecule has 43 heavy (non-hydrogen) atoms. The minimum Gasteiger partial charge on any atom is -0.493 e. The number of hydrogen-bond donors (Lipinski definition) is 1. The number of nitrogens with one attached hydrogen (secondary N) is 1. The van der Waals surface area contributed by atoms with Crippen molar-refractivity contribution in [3.63, 3.8) is 0 Å². The number of amides is 3. The highest BCUT2D eigenvalue weighted by molar-refractivity contribution is 6.05. The predicted octanol–water partition coefficient (Wildman–Crippen LogP) is 5.14. The maximum absolute atomic E-state index is 14.0. The van der Waals surface area contributed by atoms with Crippen LogP contribution in [0.3, 0.4) is 0 Å². The zero-order valence-electron chi connectivity index (χ0n) is 25.1. The monoisotopic (exact) mass is 594 g/mol. The lowest BCUT2D eigenvalue weighted by Crippen LogP contribution is -2.57. The summed E-state index contributed by atoms with van der Waals surface area (Å²) in [5.41, 5.74) is 2.26. The Balaban J connectivity index is 1.40. The number of aryl methyl sites for hydroxylation is 2. The maximum atomic E-state index is 14.0. The van der Waals surface area contributed by atoms with Crippen molar-refractivity contribution >= 4 is 29.3 Å². The number of nitrogens with zero attached hydrogens (tertiary/aromatic N) is 3. The summed E-state index contributed by atoms with van der Waals surface area (Å²) in [5, 5.41) is 2.88. The van der Waals surface area contributed by atoms with Crippen molar-refractivity contribution in [1.82, 2.24) is 9.47 Å². The Bertz CT molecular complexity index is 1320. The van der Waals surface area contributed by atoms with E-state index >= 15 is 0 Å². The van der Waals surface area contributed by atoms with Crippen molar-refractivity contribution in [3.05, 3.63) is 54.4 Å². The van der Waals surface area contributed by atoms with Gasteiger partial charge in [0.05, 0.1) is 29.6 Å². The van der Waals surface area contributed by atoms with Gasteiger partial charge in [0, 0.05) is 45.1 Å². The molecule has 1 aromatic heterocycles. The van der Waals surface area contributed by atoms with Gasteiger partial charge in [-0.2, -0.15) is 0 Å². The zero-order chi connectivity index (χ0) is 30.3. The molecule has 2 unspecified atom stereocenters. The molecule has 2 aromatic rings. The molecule has 0 aliphatic carbocycles. The second kappa shape index (κ2) is 14.1. The number of carbonyl (C=O) groups is 3. The van der Waals surface area contributed by atoms with Gasteiger partial charge in [0.1, 0.15) is 12.4 Å². The zero-order valence-corrected chi connectivity index (χ0v) is 25.1. The van der Waals surface area contributed by atoms with E-state index in [9.17, 15) is 14.4 Å². The fourth-order valence-electron chi connectivity index (χ4n) is 5.92. The van der Waals surface area contributed by atoms with Crippen LogP contribution in [-0.2, 0) is 26.1 Å². The van der Waals surface area contributed by atoms with Crippen molar-refractivity contribution in [3.8, 4) is 5.75 Å². The third kappa shape index (κ3) is 7.22. The second-order valence-corrected chi connectivity index (χ2v) is 11.3. The quantitative estimate of drug-likeness (QED) is 0.300. The highest BCUT2D eigenvalue weighted by Crippen LogP contribution is 2.40. The van der Waals surface area contributed by atoms with Crippen LogP contribution < -0.4 is 15.0 Å². The molecule has 2 saturated heterocycles. The minimum atomic E-state index is -0.803. The standard InChI is InChI=1S/C32H42N4O7/c1-4-16-42-32(39)36-26-20-27(40-18-9-11-28(37)33-23-13-15-34(3)21-23)22(2)19-24(26)30(38)35-14-7-5-10-25(35)31(36)43-29-12-6-8-17-41-29/h4,13,15,19-21,25,29,31H,1,5-12,14,16-18H2,2-3H3,(H,33,37)/t25-,29?,31?/m0/s1. The summed E-state index contributed by atoms with van der Waals surface area (Å²) < 4.78 is 26.0. The number of carbonyl (C=O) groups excluding carboxylic acids is 3. The number of piperidine rings is 1. The molecule has 1 N–H and O–H groups in total. The third-order valence-corrected chi connectivity index (χ3v) is 8.05. The first-order chi connectivity index (χ1) is 20.9. The number of benzene rings is 1. The molecule has 0 saturated carbocycles. The lowest BCUT2D eigenvalue weighted by Gasteiger charge is -2.42. The van der Waals surface area contributed by atoms with Gasteiger partial charge in [0.2, 0.25) is 5.91 Å². The molecular formula is C32H42N4O7. The molecule has 5 rings (SSSR count). The molecule has 0 spiro atoms. The first-order valence-electron chi connectivity index (χ1n) is 15.2. The van der Waals surface area contributed by atoms with Crippen LogP contribution in [0, 0.1) is 6.92 Å². The summed E-state index contributed by atoms with van der Waals surface area (Å²) >= 11 is 0. The highest BCUT2D eigenvalue weighted by atomic mass is 16.7. The Hall–Kier alpha value is -3.83. The lowest BCUT2D eigenvalue weighted by atomic mass is 10.00. The summed E-state index contributed by atoms with van der Waals surface area (Å²) in [7, 11) is 1.89. The number of ether oxygens (including phenoxy) is 4. The van der Waals surface area contributed by atoms with E-state index in [1.807, 2.05) is 41.9 Å². The molecule has 1 aromatic carbocycles. The smallest absolute Gasteiger partial charge is 0.416 e. The Kier molecular flexibility index (Phi) is 10.0. The van der Waals surface area contributed by atoms with Crippen LogP contribution in [0.2, 0.25) is 0 Å². The summed E-state index contributed by atoms with van der Waals surface area (Å²) in [6.45, 7) is 7.00. The van der Waals surface area contributed by atoms with E-state index in [2.05, 4.69) is 11.9 Å². The van der Waals surface area contributed by atoms with Crippen LogP contribution >= 0.6 is 0 Å². The average Bonchev–Trinajstić information content (AvgIpc) is 3.39. The number of hydrogen-bond acceptors (Lipinski definition) is 7. The fourth-order valence-corrected chi connectivity index (χ4v) is 5.92. The summed E-state index contributed by atoms with van der Waals surface area (Å²) in [6.07, 6.45) is 9.17. The summed E-state index contributed by atoms with van der Waals surface area (Å²) in [5.74, 6) is 0.268. The lowest BCUT2D eigenvalue weighted by molar-refractivity contribution is -0.198.